The molecule has 0 radical (unpaired) electrons. The summed E-state index contributed by atoms with van der Waals surface area (Å²) in [7, 11) is 1.67. The zero-order chi connectivity index (χ0) is 10.7. The summed E-state index contributed by atoms with van der Waals surface area (Å²) < 4.78 is 5.27. The summed E-state index contributed by atoms with van der Waals surface area (Å²) in [5.74, 6) is 0.861. The fraction of sp³-hybridized carbons (Fsp3) is 0.167. The Bertz CT molecular complexity index is 485. The summed E-state index contributed by atoms with van der Waals surface area (Å²) in [6.45, 7) is 0.554. The lowest BCUT2D eigenvalue weighted by Gasteiger charge is -2.03. The fourth-order valence-corrected chi connectivity index (χ4v) is 1.66. The maximum Gasteiger partial charge on any atom is 0.142 e. The van der Waals surface area contributed by atoms with E-state index >= 15 is 0 Å². The molecule has 1 aromatic carbocycles. The minimum absolute atomic E-state index is 0.554. The normalized spacial score (nSPS) is 11.3. The quantitative estimate of drug-likeness (QED) is 0.801. The number of benzene rings is 1. The Labute approximate surface area is 88.5 Å². The molecule has 0 unspecified atom stereocenters. The molecule has 0 bridgehead atoms. The molecular weight excluding hydrogens is 188 g/mol. The van der Waals surface area contributed by atoms with Gasteiger partial charge in [-0.25, -0.2) is 0 Å². The van der Waals surface area contributed by atoms with Gasteiger partial charge in [-0.05, 0) is 17.7 Å². The van der Waals surface area contributed by atoms with Crippen molar-refractivity contribution in [3.8, 4) is 5.75 Å². The van der Waals surface area contributed by atoms with Crippen molar-refractivity contribution in [3.05, 3.63) is 36.0 Å². The molecule has 0 aliphatic rings. The number of methoxy groups -OCH3 is 1. The molecule has 2 rings (SSSR count). The molecule has 15 heavy (non-hydrogen) atoms. The Morgan fingerprint density at radius 3 is 3.00 bits per heavy atom. The maximum atomic E-state index is 5.43. The predicted octanol–water partition coefficient (Wildman–Crippen LogP) is 2.15. The van der Waals surface area contributed by atoms with E-state index in [9.17, 15) is 0 Å². The summed E-state index contributed by atoms with van der Waals surface area (Å²) >= 11 is 0. The van der Waals surface area contributed by atoms with Crippen LogP contribution >= 0.6 is 0 Å². The van der Waals surface area contributed by atoms with E-state index in [4.69, 9.17) is 10.5 Å². The third-order valence-electron chi connectivity index (χ3n) is 2.37. The van der Waals surface area contributed by atoms with E-state index in [-0.39, 0.29) is 0 Å². The summed E-state index contributed by atoms with van der Waals surface area (Å²) in [6.07, 6.45) is 5.87. The Balaban J connectivity index is 2.58. The molecule has 0 atom stereocenters. The SMILES string of the molecule is COc1ccc(/C=C/CN)c2cc[nH]c12. The molecular formula is C12H14N2O. The highest BCUT2D eigenvalue weighted by Crippen LogP contribution is 2.27. The number of aromatic nitrogens is 1. The van der Waals surface area contributed by atoms with E-state index in [2.05, 4.69) is 4.98 Å². The van der Waals surface area contributed by atoms with Gasteiger partial charge in [0, 0.05) is 18.1 Å². The van der Waals surface area contributed by atoms with Crippen LogP contribution in [0, 0.1) is 0 Å². The van der Waals surface area contributed by atoms with Gasteiger partial charge in [0.05, 0.1) is 12.6 Å². The molecule has 3 nitrogen and oxygen atoms in total. The molecule has 0 amide bonds. The molecule has 0 spiro atoms. The standard InChI is InChI=1S/C12H14N2O/c1-15-11-5-4-9(3-2-7-13)10-6-8-14-12(10)11/h2-6,8,14H,7,13H2,1H3/b3-2+. The lowest BCUT2D eigenvalue weighted by molar-refractivity contribution is 0.419. The average Bonchev–Trinajstić information content (AvgIpc) is 2.74. The van der Waals surface area contributed by atoms with Crippen LogP contribution in [0.2, 0.25) is 0 Å². The molecule has 0 aliphatic carbocycles. The number of hydrogen-bond acceptors (Lipinski definition) is 2. The molecule has 0 aliphatic heterocycles. The van der Waals surface area contributed by atoms with Crippen LogP contribution in [0.5, 0.6) is 5.75 Å². The third kappa shape index (κ3) is 1.74. The first-order valence-electron chi connectivity index (χ1n) is 4.87. The molecule has 0 saturated carbocycles. The smallest absolute Gasteiger partial charge is 0.142 e. The number of nitrogens with one attached hydrogen (secondary N) is 1. The first kappa shape index (κ1) is 9.80. The molecule has 3 N–H and O–H groups in total. The van der Waals surface area contributed by atoms with Crippen LogP contribution in [-0.2, 0) is 0 Å². The van der Waals surface area contributed by atoms with Crippen LogP contribution in [0.3, 0.4) is 0 Å². The van der Waals surface area contributed by atoms with Crippen molar-refractivity contribution in [1.29, 1.82) is 0 Å². The minimum Gasteiger partial charge on any atom is -0.495 e. The Morgan fingerprint density at radius 1 is 1.40 bits per heavy atom. The third-order valence-corrected chi connectivity index (χ3v) is 2.37. The van der Waals surface area contributed by atoms with Gasteiger partial charge in [0.1, 0.15) is 5.75 Å². The lowest BCUT2D eigenvalue weighted by atomic mass is 10.1. The van der Waals surface area contributed by atoms with Gasteiger partial charge in [0.25, 0.3) is 0 Å². The largest absolute Gasteiger partial charge is 0.495 e. The minimum atomic E-state index is 0.554. The van der Waals surface area contributed by atoms with Gasteiger partial charge in [-0.15, -0.1) is 0 Å². The maximum absolute atomic E-state index is 5.43. The van der Waals surface area contributed by atoms with Crippen molar-refractivity contribution in [2.45, 2.75) is 0 Å². The molecule has 78 valence electrons. The summed E-state index contributed by atoms with van der Waals surface area (Å²) in [6, 6.07) is 6.02. The van der Waals surface area contributed by atoms with Crippen molar-refractivity contribution in [1.82, 2.24) is 4.98 Å². The number of aromatic amines is 1. The predicted molar refractivity (Wildman–Crippen MR) is 62.9 cm³/mol. The molecule has 1 heterocycles. The van der Waals surface area contributed by atoms with Crippen molar-refractivity contribution >= 4 is 17.0 Å². The van der Waals surface area contributed by atoms with E-state index in [1.54, 1.807) is 7.11 Å². The van der Waals surface area contributed by atoms with Crippen molar-refractivity contribution in [2.24, 2.45) is 5.73 Å². The van der Waals surface area contributed by atoms with Crippen LogP contribution in [0.4, 0.5) is 0 Å². The summed E-state index contributed by atoms with van der Waals surface area (Å²) in [5, 5.41) is 1.15. The van der Waals surface area contributed by atoms with Crippen molar-refractivity contribution < 1.29 is 4.74 Å². The monoisotopic (exact) mass is 202 g/mol. The zero-order valence-corrected chi connectivity index (χ0v) is 8.66. The highest BCUT2D eigenvalue weighted by Gasteiger charge is 2.04. The lowest BCUT2D eigenvalue weighted by Crippen LogP contribution is -1.92. The van der Waals surface area contributed by atoms with Crippen LogP contribution in [0.1, 0.15) is 5.56 Å². The highest BCUT2D eigenvalue weighted by atomic mass is 16.5. The highest BCUT2D eigenvalue weighted by molar-refractivity contribution is 5.92. The van der Waals surface area contributed by atoms with Crippen LogP contribution in [-0.4, -0.2) is 18.6 Å². The first-order valence-corrected chi connectivity index (χ1v) is 4.87. The zero-order valence-electron chi connectivity index (χ0n) is 8.66. The number of ether oxygens (including phenoxy) is 1. The van der Waals surface area contributed by atoms with Gasteiger partial charge in [-0.2, -0.15) is 0 Å². The van der Waals surface area contributed by atoms with Crippen molar-refractivity contribution in [3.63, 3.8) is 0 Å². The van der Waals surface area contributed by atoms with Gasteiger partial charge >= 0.3 is 0 Å². The van der Waals surface area contributed by atoms with Crippen LogP contribution in [0.25, 0.3) is 17.0 Å². The average molecular weight is 202 g/mol. The second-order valence-corrected chi connectivity index (χ2v) is 3.26. The molecule has 1 aromatic heterocycles. The summed E-state index contributed by atoms with van der Waals surface area (Å²) in [4.78, 5) is 3.17. The molecule has 3 heteroatoms. The van der Waals surface area contributed by atoms with E-state index in [0.29, 0.717) is 6.54 Å². The van der Waals surface area contributed by atoms with E-state index in [1.165, 1.54) is 0 Å². The molecule has 0 fully saturated rings. The Hall–Kier alpha value is -1.74. The summed E-state index contributed by atoms with van der Waals surface area (Å²) in [5.41, 5.74) is 7.61. The number of nitrogens with two attached hydrogens (primary N) is 1. The Morgan fingerprint density at radius 2 is 2.27 bits per heavy atom. The second kappa shape index (κ2) is 4.19. The number of hydrogen-bond donors (Lipinski definition) is 2. The van der Waals surface area contributed by atoms with Gasteiger partial charge < -0.3 is 15.5 Å². The Kier molecular flexibility index (Phi) is 2.74. The van der Waals surface area contributed by atoms with E-state index in [1.807, 2.05) is 36.5 Å². The van der Waals surface area contributed by atoms with E-state index < -0.39 is 0 Å². The van der Waals surface area contributed by atoms with E-state index in [0.717, 1.165) is 22.2 Å². The number of fused-ring (bicyclic) bond motifs is 1. The van der Waals surface area contributed by atoms with Gasteiger partial charge in [0.2, 0.25) is 0 Å². The topological polar surface area (TPSA) is 51.0 Å². The van der Waals surface area contributed by atoms with Gasteiger partial charge in [-0.1, -0.05) is 18.2 Å². The van der Waals surface area contributed by atoms with Gasteiger partial charge in [0.15, 0.2) is 0 Å². The number of H-pyrrole nitrogens is 1. The van der Waals surface area contributed by atoms with Crippen molar-refractivity contribution in [2.75, 3.05) is 13.7 Å². The first-order chi connectivity index (χ1) is 7.36. The molecule has 2 aromatic rings. The number of rotatable bonds is 3. The second-order valence-electron chi connectivity index (χ2n) is 3.26. The fourth-order valence-electron chi connectivity index (χ4n) is 1.66. The van der Waals surface area contributed by atoms with Gasteiger partial charge in [-0.3, -0.25) is 0 Å². The van der Waals surface area contributed by atoms with Crippen LogP contribution in [0.15, 0.2) is 30.5 Å². The van der Waals surface area contributed by atoms with Crippen LogP contribution < -0.4 is 10.5 Å². The molecule has 0 saturated heterocycles.